The Morgan fingerprint density at radius 3 is 2.67 bits per heavy atom. The average Bonchev–Trinajstić information content (AvgIpc) is 2.60. The van der Waals surface area contributed by atoms with E-state index in [2.05, 4.69) is 5.32 Å². The highest BCUT2D eigenvalue weighted by Gasteiger charge is 2.17. The fourth-order valence-electron chi connectivity index (χ4n) is 2.15. The van der Waals surface area contributed by atoms with Crippen LogP contribution in [0.25, 0.3) is 0 Å². The van der Waals surface area contributed by atoms with Gasteiger partial charge >= 0.3 is 0 Å². The minimum atomic E-state index is -0.544. The van der Waals surface area contributed by atoms with Gasteiger partial charge in [0.05, 0.1) is 13.2 Å². The highest BCUT2D eigenvalue weighted by atomic mass is 35.5. The molecule has 1 atom stereocenters. The lowest BCUT2D eigenvalue weighted by molar-refractivity contribution is -0.128. The van der Waals surface area contributed by atoms with Gasteiger partial charge in [0.1, 0.15) is 5.75 Å². The van der Waals surface area contributed by atoms with Crippen molar-refractivity contribution in [1.29, 1.82) is 0 Å². The van der Waals surface area contributed by atoms with Crippen LogP contribution in [0.5, 0.6) is 5.75 Å². The molecule has 0 heterocycles. The molecule has 2 rings (SSSR count). The highest BCUT2D eigenvalue weighted by Crippen LogP contribution is 2.19. The molecule has 2 aromatic rings. The third-order valence-electron chi connectivity index (χ3n) is 3.39. The molecule has 5 heteroatoms. The van der Waals surface area contributed by atoms with Crippen molar-refractivity contribution < 1.29 is 14.3 Å². The maximum absolute atomic E-state index is 12.2. The SMILES string of the molecule is CCC(Oc1cccc(Cl)c1)C(=O)NCCOCc1ccccc1. The molecule has 24 heavy (non-hydrogen) atoms. The van der Waals surface area contributed by atoms with Crippen molar-refractivity contribution in [3.05, 3.63) is 65.2 Å². The number of halogens is 1. The van der Waals surface area contributed by atoms with Crippen molar-refractivity contribution >= 4 is 17.5 Å². The summed E-state index contributed by atoms with van der Waals surface area (Å²) in [7, 11) is 0. The van der Waals surface area contributed by atoms with Gasteiger partial charge in [-0.15, -0.1) is 0 Å². The largest absolute Gasteiger partial charge is 0.481 e. The molecule has 2 aromatic carbocycles. The molecule has 1 N–H and O–H groups in total. The predicted octanol–water partition coefficient (Wildman–Crippen LogP) is 3.83. The van der Waals surface area contributed by atoms with Gasteiger partial charge in [0.25, 0.3) is 5.91 Å². The van der Waals surface area contributed by atoms with Crippen molar-refractivity contribution in [3.8, 4) is 5.75 Å². The normalized spacial score (nSPS) is 11.8. The summed E-state index contributed by atoms with van der Waals surface area (Å²) < 4.78 is 11.2. The molecule has 0 saturated carbocycles. The Bertz CT molecular complexity index is 634. The minimum absolute atomic E-state index is 0.152. The van der Waals surface area contributed by atoms with Crippen LogP contribution in [0, 0.1) is 0 Å². The monoisotopic (exact) mass is 347 g/mol. The van der Waals surface area contributed by atoms with Crippen LogP contribution in [0.3, 0.4) is 0 Å². The first-order chi connectivity index (χ1) is 11.7. The number of carbonyl (C=O) groups excluding carboxylic acids is 1. The second-order valence-corrected chi connectivity index (χ2v) is 5.74. The third kappa shape index (κ3) is 6.22. The molecule has 1 amide bonds. The lowest BCUT2D eigenvalue weighted by atomic mass is 10.2. The first-order valence-electron chi connectivity index (χ1n) is 8.00. The minimum Gasteiger partial charge on any atom is -0.481 e. The molecule has 0 aliphatic rings. The average molecular weight is 348 g/mol. The molecule has 0 radical (unpaired) electrons. The topological polar surface area (TPSA) is 47.6 Å². The molecule has 1 unspecified atom stereocenters. The van der Waals surface area contributed by atoms with E-state index < -0.39 is 6.10 Å². The molecule has 4 nitrogen and oxygen atoms in total. The van der Waals surface area contributed by atoms with Crippen molar-refractivity contribution in [1.82, 2.24) is 5.32 Å². The second-order valence-electron chi connectivity index (χ2n) is 5.30. The molecule has 0 saturated heterocycles. The summed E-state index contributed by atoms with van der Waals surface area (Å²) in [6.45, 7) is 3.34. The van der Waals surface area contributed by atoms with Gasteiger partial charge < -0.3 is 14.8 Å². The second kappa shape index (κ2) is 9.96. The van der Waals surface area contributed by atoms with Gasteiger partial charge in [0.15, 0.2) is 6.10 Å². The fraction of sp³-hybridized carbons (Fsp3) is 0.316. The summed E-state index contributed by atoms with van der Waals surface area (Å²) in [6.07, 6.45) is 0.0287. The number of carbonyl (C=O) groups is 1. The van der Waals surface area contributed by atoms with Crippen molar-refractivity contribution in [3.63, 3.8) is 0 Å². The van der Waals surface area contributed by atoms with Crippen LogP contribution in [0.1, 0.15) is 18.9 Å². The van der Waals surface area contributed by atoms with E-state index in [-0.39, 0.29) is 5.91 Å². The standard InChI is InChI=1S/C19H22ClNO3/c1-2-18(24-17-10-6-9-16(20)13-17)19(22)21-11-12-23-14-15-7-4-3-5-8-15/h3-10,13,18H,2,11-12,14H2,1H3,(H,21,22). The van der Waals surface area contributed by atoms with Crippen molar-refractivity contribution in [2.24, 2.45) is 0 Å². The van der Waals surface area contributed by atoms with E-state index in [1.165, 1.54) is 0 Å². The Morgan fingerprint density at radius 2 is 1.96 bits per heavy atom. The maximum atomic E-state index is 12.2. The number of rotatable bonds is 9. The molecule has 128 valence electrons. The van der Waals surface area contributed by atoms with E-state index in [9.17, 15) is 4.79 Å². The summed E-state index contributed by atoms with van der Waals surface area (Å²) in [6, 6.07) is 17.0. The summed E-state index contributed by atoms with van der Waals surface area (Å²) in [5.74, 6) is 0.436. The quantitative estimate of drug-likeness (QED) is 0.701. The zero-order valence-electron chi connectivity index (χ0n) is 13.7. The molecular weight excluding hydrogens is 326 g/mol. The first-order valence-corrected chi connectivity index (χ1v) is 8.38. The Balaban J connectivity index is 1.70. The Labute approximate surface area is 147 Å². The van der Waals surface area contributed by atoms with E-state index in [4.69, 9.17) is 21.1 Å². The van der Waals surface area contributed by atoms with E-state index in [1.807, 2.05) is 37.3 Å². The zero-order valence-corrected chi connectivity index (χ0v) is 14.5. The van der Waals surface area contributed by atoms with E-state index in [0.717, 1.165) is 5.56 Å². The van der Waals surface area contributed by atoms with Gasteiger partial charge in [-0.3, -0.25) is 4.79 Å². The number of benzene rings is 2. The lowest BCUT2D eigenvalue weighted by Gasteiger charge is -2.17. The van der Waals surface area contributed by atoms with Crippen LogP contribution in [-0.4, -0.2) is 25.2 Å². The highest BCUT2D eigenvalue weighted by molar-refractivity contribution is 6.30. The lowest BCUT2D eigenvalue weighted by Crippen LogP contribution is -2.39. The predicted molar refractivity (Wildman–Crippen MR) is 95.3 cm³/mol. The van der Waals surface area contributed by atoms with Gasteiger partial charge in [-0.05, 0) is 30.2 Å². The van der Waals surface area contributed by atoms with Gasteiger partial charge in [0.2, 0.25) is 0 Å². The maximum Gasteiger partial charge on any atom is 0.261 e. The zero-order chi connectivity index (χ0) is 17.2. The Hall–Kier alpha value is -2.04. The number of nitrogens with one attached hydrogen (secondary N) is 1. The molecule has 0 bridgehead atoms. The number of hydrogen-bond donors (Lipinski definition) is 1. The summed E-state index contributed by atoms with van der Waals surface area (Å²) in [5, 5.41) is 3.41. The molecule has 0 aliphatic heterocycles. The van der Waals surface area contributed by atoms with Gasteiger partial charge in [-0.1, -0.05) is 54.9 Å². The summed E-state index contributed by atoms with van der Waals surface area (Å²) >= 11 is 5.92. The summed E-state index contributed by atoms with van der Waals surface area (Å²) in [4.78, 5) is 12.2. The van der Waals surface area contributed by atoms with Crippen molar-refractivity contribution in [2.75, 3.05) is 13.2 Å². The summed E-state index contributed by atoms with van der Waals surface area (Å²) in [5.41, 5.74) is 1.11. The number of ether oxygens (including phenoxy) is 2. The first kappa shape index (κ1) is 18.3. The number of amides is 1. The van der Waals surface area contributed by atoms with Gasteiger partial charge in [-0.2, -0.15) is 0 Å². The molecule has 0 aliphatic carbocycles. The van der Waals surface area contributed by atoms with Crippen LogP contribution >= 0.6 is 11.6 Å². The fourth-order valence-corrected chi connectivity index (χ4v) is 2.33. The molecule has 0 spiro atoms. The van der Waals surface area contributed by atoms with E-state index in [1.54, 1.807) is 24.3 Å². The Morgan fingerprint density at radius 1 is 1.17 bits per heavy atom. The van der Waals surface area contributed by atoms with Crippen molar-refractivity contribution in [2.45, 2.75) is 26.1 Å². The van der Waals surface area contributed by atoms with Crippen LogP contribution < -0.4 is 10.1 Å². The number of hydrogen-bond acceptors (Lipinski definition) is 3. The Kier molecular flexibility index (Phi) is 7.59. The third-order valence-corrected chi connectivity index (χ3v) is 3.63. The smallest absolute Gasteiger partial charge is 0.261 e. The van der Waals surface area contributed by atoms with Crippen LogP contribution in [-0.2, 0) is 16.1 Å². The van der Waals surface area contributed by atoms with E-state index >= 15 is 0 Å². The molecule has 0 aromatic heterocycles. The van der Waals surface area contributed by atoms with Crippen LogP contribution in [0.4, 0.5) is 0 Å². The van der Waals surface area contributed by atoms with Crippen LogP contribution in [0.15, 0.2) is 54.6 Å². The van der Waals surface area contributed by atoms with E-state index in [0.29, 0.717) is 37.0 Å². The van der Waals surface area contributed by atoms with Crippen LogP contribution in [0.2, 0.25) is 5.02 Å². The molecule has 0 fully saturated rings. The van der Waals surface area contributed by atoms with Gasteiger partial charge in [-0.25, -0.2) is 0 Å². The van der Waals surface area contributed by atoms with Gasteiger partial charge in [0, 0.05) is 11.6 Å². The molecular formula is C19H22ClNO3.